The summed E-state index contributed by atoms with van der Waals surface area (Å²) in [6.07, 6.45) is 3.57. The van der Waals surface area contributed by atoms with Crippen LogP contribution in [0.1, 0.15) is 48.3 Å². The van der Waals surface area contributed by atoms with E-state index in [1.54, 1.807) is 30.0 Å². The van der Waals surface area contributed by atoms with E-state index in [0.717, 1.165) is 25.0 Å². The normalized spacial score (nSPS) is 13.9. The second kappa shape index (κ2) is 12.6. The third kappa shape index (κ3) is 7.36. The maximum atomic E-state index is 14.9. The lowest BCUT2D eigenvalue weighted by molar-refractivity contribution is 0.0976. The predicted molar refractivity (Wildman–Crippen MR) is 140 cm³/mol. The fourth-order valence-corrected chi connectivity index (χ4v) is 4.62. The molecule has 4 rings (SSSR count). The molecule has 1 aromatic heterocycles. The first-order valence-electron chi connectivity index (χ1n) is 12.3. The first kappa shape index (κ1) is 28.6. The lowest BCUT2D eigenvalue weighted by Crippen LogP contribution is -2.31. The molecule has 0 spiro atoms. The van der Waals surface area contributed by atoms with Crippen LogP contribution in [-0.4, -0.2) is 38.4 Å². The van der Waals surface area contributed by atoms with E-state index in [1.807, 2.05) is 0 Å². The molecule has 0 bridgehead atoms. The molecule has 0 unspecified atom stereocenters. The zero-order valence-electron chi connectivity index (χ0n) is 21.0. The van der Waals surface area contributed by atoms with Crippen LogP contribution >= 0.6 is 11.6 Å². The Bertz CT molecular complexity index is 1400. The average Bonchev–Trinajstić information content (AvgIpc) is 3.76. The Kier molecular flexibility index (Phi) is 9.24. The lowest BCUT2D eigenvalue weighted by atomic mass is 10.1. The van der Waals surface area contributed by atoms with Gasteiger partial charge in [-0.1, -0.05) is 6.92 Å². The van der Waals surface area contributed by atoms with Gasteiger partial charge in [0.25, 0.3) is 15.9 Å². The summed E-state index contributed by atoms with van der Waals surface area (Å²) in [5.41, 5.74) is -0.308. The number of pyridine rings is 1. The molecule has 12 heteroatoms. The van der Waals surface area contributed by atoms with Gasteiger partial charge in [-0.3, -0.25) is 9.78 Å². The minimum absolute atomic E-state index is 0.228. The Hall–Kier alpha value is -3.44. The van der Waals surface area contributed by atoms with E-state index in [2.05, 4.69) is 4.98 Å². The number of sulfonamides is 1. The number of ether oxygens (including phenoxy) is 3. The van der Waals surface area contributed by atoms with Crippen molar-refractivity contribution in [1.29, 1.82) is 0 Å². The second-order valence-electron chi connectivity index (χ2n) is 8.87. The van der Waals surface area contributed by atoms with Crippen molar-refractivity contribution in [1.82, 2.24) is 9.71 Å². The van der Waals surface area contributed by atoms with Crippen LogP contribution in [0.2, 0.25) is 0 Å². The van der Waals surface area contributed by atoms with Gasteiger partial charge in [0.15, 0.2) is 11.6 Å². The monoisotopic (exact) mass is 580 g/mol. The number of carbonyl (C=O) groups excluding carboxylic acids is 1. The Morgan fingerprint density at radius 1 is 1.05 bits per heavy atom. The van der Waals surface area contributed by atoms with Gasteiger partial charge in [-0.15, -0.1) is 11.6 Å². The number of alkyl halides is 1. The number of nitrogens with zero attached hydrogens (tertiary/aromatic N) is 1. The molecule has 1 aliphatic carbocycles. The first-order chi connectivity index (χ1) is 18.7. The minimum atomic E-state index is -4.37. The number of aromatic nitrogens is 1. The summed E-state index contributed by atoms with van der Waals surface area (Å²) in [4.78, 5) is 16.6. The standard InChI is InChI=1S/C27H27ClF2N2O6S/c1-2-23(22-11-7-19(15-31-22)37-16-17-3-4-17)38-24-12-10-21(25(29)26(24)30)27(33)32-39(34,35)20-8-5-18(6-9-20)36-14-13-28/h5-12,15,17,23H,2-4,13-14,16H2,1H3,(H,32,33)/t23-/m1/s1. The quantitative estimate of drug-likeness (QED) is 0.269. The van der Waals surface area contributed by atoms with Crippen molar-refractivity contribution in [2.75, 3.05) is 19.1 Å². The number of hydrogen-bond acceptors (Lipinski definition) is 7. The van der Waals surface area contributed by atoms with E-state index < -0.39 is 45.0 Å². The van der Waals surface area contributed by atoms with E-state index >= 15 is 0 Å². The molecule has 1 amide bonds. The van der Waals surface area contributed by atoms with Crippen LogP contribution < -0.4 is 18.9 Å². The van der Waals surface area contributed by atoms with Crippen molar-refractivity contribution < 1.29 is 36.2 Å². The second-order valence-corrected chi connectivity index (χ2v) is 10.9. The molecule has 3 aromatic rings. The highest BCUT2D eigenvalue weighted by molar-refractivity contribution is 7.90. The number of benzene rings is 2. The number of nitrogens with one attached hydrogen (secondary N) is 1. The molecular weight excluding hydrogens is 554 g/mol. The SMILES string of the molecule is CC[C@@H](Oc1ccc(C(=O)NS(=O)(=O)c2ccc(OCCCl)cc2)c(F)c1F)c1ccc(OCC2CC2)cn1. The first-order valence-corrected chi connectivity index (χ1v) is 14.3. The molecule has 208 valence electrons. The third-order valence-corrected chi connectivity index (χ3v) is 7.41. The van der Waals surface area contributed by atoms with E-state index in [-0.39, 0.29) is 17.4 Å². The molecule has 8 nitrogen and oxygen atoms in total. The highest BCUT2D eigenvalue weighted by Crippen LogP contribution is 2.31. The maximum Gasteiger partial charge on any atom is 0.268 e. The zero-order chi connectivity index (χ0) is 28.0. The summed E-state index contributed by atoms with van der Waals surface area (Å²) >= 11 is 5.55. The molecule has 39 heavy (non-hydrogen) atoms. The van der Waals surface area contributed by atoms with E-state index in [9.17, 15) is 22.0 Å². The Morgan fingerprint density at radius 3 is 2.38 bits per heavy atom. The molecule has 1 fully saturated rings. The van der Waals surface area contributed by atoms with Crippen molar-refractivity contribution in [2.24, 2.45) is 5.92 Å². The van der Waals surface area contributed by atoms with E-state index in [1.165, 1.54) is 24.3 Å². The average molecular weight is 581 g/mol. The summed E-state index contributed by atoms with van der Waals surface area (Å²) in [5.74, 6) is -2.92. The van der Waals surface area contributed by atoms with Crippen molar-refractivity contribution >= 4 is 27.5 Å². The van der Waals surface area contributed by atoms with Crippen LogP contribution in [0.3, 0.4) is 0 Å². The lowest BCUT2D eigenvalue weighted by Gasteiger charge is -2.18. The summed E-state index contributed by atoms with van der Waals surface area (Å²) in [6, 6.07) is 10.6. The molecule has 1 N–H and O–H groups in total. The highest BCUT2D eigenvalue weighted by atomic mass is 35.5. The molecule has 1 heterocycles. The van der Waals surface area contributed by atoms with Crippen LogP contribution in [0.5, 0.6) is 17.2 Å². The van der Waals surface area contributed by atoms with Gasteiger partial charge in [0.05, 0.1) is 34.8 Å². The summed E-state index contributed by atoms with van der Waals surface area (Å²) < 4.78 is 73.3. The molecule has 1 aliphatic rings. The van der Waals surface area contributed by atoms with Crippen LogP contribution in [0.4, 0.5) is 8.78 Å². The Morgan fingerprint density at radius 2 is 1.77 bits per heavy atom. The topological polar surface area (TPSA) is 104 Å². The Labute approximate surface area is 230 Å². The number of carbonyl (C=O) groups is 1. The third-order valence-electron chi connectivity index (χ3n) is 5.91. The van der Waals surface area contributed by atoms with Crippen molar-refractivity contribution in [2.45, 2.75) is 37.2 Å². The summed E-state index contributed by atoms with van der Waals surface area (Å²) in [6.45, 7) is 2.66. The molecule has 0 aliphatic heterocycles. The fraction of sp³-hybridized carbons (Fsp3) is 0.333. The molecule has 0 saturated heterocycles. The smallest absolute Gasteiger partial charge is 0.268 e. The van der Waals surface area contributed by atoms with Crippen LogP contribution in [0.15, 0.2) is 59.6 Å². The van der Waals surface area contributed by atoms with Gasteiger partial charge < -0.3 is 14.2 Å². The van der Waals surface area contributed by atoms with Gasteiger partial charge in [-0.05, 0) is 73.7 Å². The van der Waals surface area contributed by atoms with Crippen LogP contribution in [-0.2, 0) is 10.0 Å². The van der Waals surface area contributed by atoms with Gasteiger partial charge in [-0.25, -0.2) is 17.5 Å². The van der Waals surface area contributed by atoms with E-state index in [4.69, 9.17) is 25.8 Å². The van der Waals surface area contributed by atoms with Gasteiger partial charge >= 0.3 is 0 Å². The number of rotatable bonds is 13. The van der Waals surface area contributed by atoms with Gasteiger partial charge in [-0.2, -0.15) is 4.39 Å². The number of amides is 1. The molecule has 0 radical (unpaired) electrons. The highest BCUT2D eigenvalue weighted by Gasteiger charge is 2.26. The molecule has 2 aromatic carbocycles. The largest absolute Gasteiger partial charge is 0.492 e. The number of hydrogen-bond donors (Lipinski definition) is 1. The van der Waals surface area contributed by atoms with E-state index in [0.29, 0.717) is 36.1 Å². The molecular formula is C27H27ClF2N2O6S. The maximum absolute atomic E-state index is 14.9. The predicted octanol–water partition coefficient (Wildman–Crippen LogP) is 5.42. The number of halogens is 3. The van der Waals surface area contributed by atoms with Crippen LogP contribution in [0, 0.1) is 17.6 Å². The van der Waals surface area contributed by atoms with Crippen molar-refractivity contribution in [3.05, 3.63) is 77.6 Å². The zero-order valence-corrected chi connectivity index (χ0v) is 22.6. The van der Waals surface area contributed by atoms with Gasteiger partial charge in [0.1, 0.15) is 24.2 Å². The fourth-order valence-electron chi connectivity index (χ4n) is 3.58. The van der Waals surface area contributed by atoms with Crippen molar-refractivity contribution in [3.8, 4) is 17.2 Å². The molecule has 1 saturated carbocycles. The summed E-state index contributed by atoms with van der Waals surface area (Å²) in [7, 11) is -4.37. The summed E-state index contributed by atoms with van der Waals surface area (Å²) in [5, 5.41) is 0. The van der Waals surface area contributed by atoms with Crippen molar-refractivity contribution in [3.63, 3.8) is 0 Å². The Balaban J connectivity index is 1.43. The van der Waals surface area contributed by atoms with Crippen LogP contribution in [0.25, 0.3) is 0 Å². The molecule has 1 atom stereocenters. The van der Waals surface area contributed by atoms with Gasteiger partial charge in [0, 0.05) is 0 Å². The van der Waals surface area contributed by atoms with Gasteiger partial charge in [0.2, 0.25) is 5.82 Å². The minimum Gasteiger partial charge on any atom is -0.492 e.